The zero-order valence-electron chi connectivity index (χ0n) is 11.5. The van der Waals surface area contributed by atoms with Crippen LogP contribution in [0.3, 0.4) is 0 Å². The van der Waals surface area contributed by atoms with Crippen LogP contribution in [0, 0.1) is 11.7 Å². The summed E-state index contributed by atoms with van der Waals surface area (Å²) in [4.78, 5) is 4.96. The SMILES string of the molecule is CC(C)CNCc1ccnc(N(C)CC(F)F)c1F. The Morgan fingerprint density at radius 2 is 2.05 bits per heavy atom. The summed E-state index contributed by atoms with van der Waals surface area (Å²) in [5, 5.41) is 3.11. The van der Waals surface area contributed by atoms with E-state index >= 15 is 0 Å². The quantitative estimate of drug-likeness (QED) is 0.829. The van der Waals surface area contributed by atoms with Gasteiger partial charge in [-0.3, -0.25) is 0 Å². The largest absolute Gasteiger partial charge is 0.352 e. The molecule has 1 N–H and O–H groups in total. The molecule has 0 aliphatic carbocycles. The van der Waals surface area contributed by atoms with Crippen molar-refractivity contribution in [3.63, 3.8) is 0 Å². The molecule has 0 atom stereocenters. The normalized spacial score (nSPS) is 11.4. The molecule has 0 aromatic carbocycles. The topological polar surface area (TPSA) is 28.2 Å². The maximum atomic E-state index is 14.1. The first-order valence-corrected chi connectivity index (χ1v) is 6.25. The molecule has 6 heteroatoms. The number of alkyl halides is 2. The molecule has 3 nitrogen and oxygen atoms in total. The van der Waals surface area contributed by atoms with E-state index in [0.29, 0.717) is 18.0 Å². The fourth-order valence-corrected chi connectivity index (χ4v) is 1.66. The summed E-state index contributed by atoms with van der Waals surface area (Å²) in [6, 6.07) is 1.56. The lowest BCUT2D eigenvalue weighted by Crippen LogP contribution is -2.27. The first-order valence-electron chi connectivity index (χ1n) is 6.25. The number of halogens is 3. The number of aromatic nitrogens is 1. The standard InChI is InChI=1S/C13H20F3N3/c1-9(2)6-17-7-10-4-5-18-13(12(10)16)19(3)8-11(14)15/h4-5,9,11,17H,6-8H2,1-3H3. The summed E-state index contributed by atoms with van der Waals surface area (Å²) in [6.07, 6.45) is -1.08. The molecule has 0 aliphatic heterocycles. The zero-order chi connectivity index (χ0) is 14.4. The van der Waals surface area contributed by atoms with Crippen LogP contribution in [0.4, 0.5) is 19.0 Å². The summed E-state index contributed by atoms with van der Waals surface area (Å²) in [7, 11) is 1.41. The third kappa shape index (κ3) is 5.06. The van der Waals surface area contributed by atoms with Gasteiger partial charge < -0.3 is 10.2 Å². The molecule has 0 bridgehead atoms. The van der Waals surface area contributed by atoms with Crippen molar-refractivity contribution < 1.29 is 13.2 Å². The minimum absolute atomic E-state index is 0.0378. The fraction of sp³-hybridized carbons (Fsp3) is 0.615. The van der Waals surface area contributed by atoms with Crippen molar-refractivity contribution >= 4 is 5.82 Å². The van der Waals surface area contributed by atoms with Crippen LogP contribution in [0.25, 0.3) is 0 Å². The Morgan fingerprint density at radius 3 is 2.63 bits per heavy atom. The summed E-state index contributed by atoms with van der Waals surface area (Å²) in [5.74, 6) is -0.114. The lowest BCUT2D eigenvalue weighted by atomic mass is 10.2. The van der Waals surface area contributed by atoms with Gasteiger partial charge in [-0.1, -0.05) is 13.8 Å². The molecule has 0 spiro atoms. The van der Waals surface area contributed by atoms with Gasteiger partial charge in [0.1, 0.15) is 0 Å². The molecule has 1 aromatic rings. The van der Waals surface area contributed by atoms with Crippen molar-refractivity contribution in [3.8, 4) is 0 Å². The van der Waals surface area contributed by atoms with Gasteiger partial charge in [-0.25, -0.2) is 18.2 Å². The van der Waals surface area contributed by atoms with Gasteiger partial charge in [0.2, 0.25) is 0 Å². The molecule has 1 heterocycles. The van der Waals surface area contributed by atoms with Crippen molar-refractivity contribution in [1.82, 2.24) is 10.3 Å². The summed E-state index contributed by atoms with van der Waals surface area (Å²) >= 11 is 0. The summed E-state index contributed by atoms with van der Waals surface area (Å²) in [5.41, 5.74) is 0.437. The maximum Gasteiger partial charge on any atom is 0.255 e. The lowest BCUT2D eigenvalue weighted by Gasteiger charge is -2.19. The Hall–Kier alpha value is -1.30. The molecule has 0 aliphatic rings. The first kappa shape index (κ1) is 15.8. The molecule has 1 aromatic heterocycles. The highest BCUT2D eigenvalue weighted by atomic mass is 19.3. The Labute approximate surface area is 111 Å². The van der Waals surface area contributed by atoms with Gasteiger partial charge in [-0.2, -0.15) is 0 Å². The van der Waals surface area contributed by atoms with Crippen molar-refractivity contribution in [2.24, 2.45) is 5.92 Å². The molecule has 0 amide bonds. The van der Waals surface area contributed by atoms with E-state index in [0.717, 1.165) is 11.4 Å². The number of pyridine rings is 1. The molecular formula is C13H20F3N3. The Kier molecular flexibility index (Phi) is 6.08. The second-order valence-electron chi connectivity index (χ2n) is 4.90. The average Bonchev–Trinajstić information content (AvgIpc) is 2.29. The lowest BCUT2D eigenvalue weighted by molar-refractivity contribution is 0.156. The maximum absolute atomic E-state index is 14.1. The molecule has 0 saturated carbocycles. The van der Waals surface area contributed by atoms with E-state index in [1.165, 1.54) is 13.2 Å². The van der Waals surface area contributed by atoms with E-state index in [1.54, 1.807) is 6.07 Å². The van der Waals surface area contributed by atoms with Gasteiger partial charge in [0, 0.05) is 25.4 Å². The van der Waals surface area contributed by atoms with E-state index < -0.39 is 18.8 Å². The first-order chi connectivity index (χ1) is 8.91. The van der Waals surface area contributed by atoms with Crippen LogP contribution in [-0.2, 0) is 6.54 Å². The van der Waals surface area contributed by atoms with Gasteiger partial charge in [0.25, 0.3) is 6.43 Å². The monoisotopic (exact) mass is 275 g/mol. The Morgan fingerprint density at radius 1 is 1.37 bits per heavy atom. The van der Waals surface area contributed by atoms with E-state index in [4.69, 9.17) is 0 Å². The number of nitrogens with one attached hydrogen (secondary N) is 1. The number of anilines is 1. The van der Waals surface area contributed by atoms with Crippen LogP contribution in [0.2, 0.25) is 0 Å². The molecular weight excluding hydrogens is 255 g/mol. The molecule has 1 rings (SSSR count). The second-order valence-corrected chi connectivity index (χ2v) is 4.90. The van der Waals surface area contributed by atoms with Gasteiger partial charge in [0.15, 0.2) is 11.6 Å². The minimum atomic E-state index is -2.52. The highest BCUT2D eigenvalue weighted by molar-refractivity contribution is 5.42. The van der Waals surface area contributed by atoms with Crippen LogP contribution in [0.1, 0.15) is 19.4 Å². The second kappa shape index (κ2) is 7.33. The smallest absolute Gasteiger partial charge is 0.255 e. The number of nitrogens with zero attached hydrogens (tertiary/aromatic N) is 2. The number of rotatable bonds is 7. The van der Waals surface area contributed by atoms with Crippen molar-refractivity contribution in [3.05, 3.63) is 23.6 Å². The highest BCUT2D eigenvalue weighted by Crippen LogP contribution is 2.19. The minimum Gasteiger partial charge on any atom is -0.352 e. The van der Waals surface area contributed by atoms with E-state index in [9.17, 15) is 13.2 Å². The average molecular weight is 275 g/mol. The van der Waals surface area contributed by atoms with Gasteiger partial charge in [0.05, 0.1) is 6.54 Å². The molecule has 0 saturated heterocycles. The summed E-state index contributed by atoms with van der Waals surface area (Å²) in [6.45, 7) is 4.70. The van der Waals surface area contributed by atoms with E-state index in [2.05, 4.69) is 24.1 Å². The Balaban J connectivity index is 2.74. The predicted octanol–water partition coefficient (Wildman–Crippen LogP) is 2.67. The highest BCUT2D eigenvalue weighted by Gasteiger charge is 2.16. The predicted molar refractivity (Wildman–Crippen MR) is 70.0 cm³/mol. The van der Waals surface area contributed by atoms with Crippen LogP contribution < -0.4 is 10.2 Å². The molecule has 0 unspecified atom stereocenters. The van der Waals surface area contributed by atoms with E-state index in [-0.39, 0.29) is 5.82 Å². The van der Waals surface area contributed by atoms with Gasteiger partial charge >= 0.3 is 0 Å². The summed E-state index contributed by atoms with van der Waals surface area (Å²) < 4.78 is 38.7. The molecule has 108 valence electrons. The number of hydrogen-bond donors (Lipinski definition) is 1. The third-order valence-corrected chi connectivity index (χ3v) is 2.59. The zero-order valence-corrected chi connectivity index (χ0v) is 11.5. The van der Waals surface area contributed by atoms with Crippen molar-refractivity contribution in [1.29, 1.82) is 0 Å². The molecule has 19 heavy (non-hydrogen) atoms. The van der Waals surface area contributed by atoms with Crippen LogP contribution in [-0.4, -0.2) is 31.5 Å². The van der Waals surface area contributed by atoms with Crippen molar-refractivity contribution in [2.75, 3.05) is 25.0 Å². The van der Waals surface area contributed by atoms with Gasteiger partial charge in [-0.15, -0.1) is 0 Å². The van der Waals surface area contributed by atoms with E-state index in [1.807, 2.05) is 0 Å². The van der Waals surface area contributed by atoms with Crippen LogP contribution in [0.15, 0.2) is 12.3 Å². The van der Waals surface area contributed by atoms with Gasteiger partial charge in [-0.05, 0) is 18.5 Å². The fourth-order valence-electron chi connectivity index (χ4n) is 1.66. The Bertz CT molecular complexity index is 397. The van der Waals surface area contributed by atoms with Crippen molar-refractivity contribution in [2.45, 2.75) is 26.8 Å². The molecule has 0 fully saturated rings. The molecule has 0 radical (unpaired) electrons. The third-order valence-electron chi connectivity index (χ3n) is 2.59. The van der Waals surface area contributed by atoms with Crippen LogP contribution in [0.5, 0.6) is 0 Å². The number of hydrogen-bond acceptors (Lipinski definition) is 3. The van der Waals surface area contributed by atoms with Crippen LogP contribution >= 0.6 is 0 Å².